The number of fused-ring (bicyclic) bond motifs is 1. The number of ether oxygens (including phenoxy) is 1. The average molecular weight is 240 g/mol. The Balaban J connectivity index is 2.67. The van der Waals surface area contributed by atoms with E-state index in [-0.39, 0.29) is 5.82 Å². The van der Waals surface area contributed by atoms with Crippen molar-refractivity contribution in [2.24, 2.45) is 0 Å². The van der Waals surface area contributed by atoms with Crippen LogP contribution in [0.15, 0.2) is 18.2 Å². The molecular weight excluding hydrogens is 229 g/mol. The molecule has 0 aliphatic heterocycles. The van der Waals surface area contributed by atoms with Crippen molar-refractivity contribution < 1.29 is 9.13 Å². The molecule has 4 heteroatoms. The maximum atomic E-state index is 13.4. The summed E-state index contributed by atoms with van der Waals surface area (Å²) in [5, 5.41) is 1.33. The molecule has 0 bridgehead atoms. The summed E-state index contributed by atoms with van der Waals surface area (Å²) in [6, 6.07) is 4.84. The molecule has 0 spiro atoms. The molecule has 0 amide bonds. The van der Waals surface area contributed by atoms with E-state index in [9.17, 15) is 4.39 Å². The first-order valence-corrected chi connectivity index (χ1v) is 5.24. The second-order valence-electron chi connectivity index (χ2n) is 3.65. The van der Waals surface area contributed by atoms with Gasteiger partial charge in [-0.25, -0.2) is 4.39 Å². The highest BCUT2D eigenvalue weighted by molar-refractivity contribution is 6.35. The highest BCUT2D eigenvalue weighted by Gasteiger charge is 2.07. The van der Waals surface area contributed by atoms with Crippen LogP contribution < -0.4 is 0 Å². The Morgan fingerprint density at radius 1 is 1.38 bits per heavy atom. The Morgan fingerprint density at radius 3 is 2.81 bits per heavy atom. The fourth-order valence-electron chi connectivity index (χ4n) is 1.59. The molecule has 1 heterocycles. The van der Waals surface area contributed by atoms with Gasteiger partial charge in [-0.1, -0.05) is 11.6 Å². The fourth-order valence-corrected chi connectivity index (χ4v) is 1.86. The monoisotopic (exact) mass is 239 g/mol. The number of methoxy groups -OCH3 is 1. The highest BCUT2D eigenvalue weighted by atomic mass is 35.5. The minimum atomic E-state index is -0.273. The third kappa shape index (κ3) is 2.01. The van der Waals surface area contributed by atoms with Gasteiger partial charge in [-0.2, -0.15) is 0 Å². The van der Waals surface area contributed by atoms with Crippen LogP contribution in [-0.2, 0) is 11.3 Å². The molecule has 16 heavy (non-hydrogen) atoms. The number of aryl methyl sites for hydroxylation is 1. The quantitative estimate of drug-likeness (QED) is 0.801. The highest BCUT2D eigenvalue weighted by Crippen LogP contribution is 2.25. The van der Waals surface area contributed by atoms with E-state index in [0.29, 0.717) is 28.4 Å². The molecule has 84 valence electrons. The molecule has 0 atom stereocenters. The van der Waals surface area contributed by atoms with Gasteiger partial charge in [0, 0.05) is 18.6 Å². The number of benzene rings is 1. The summed E-state index contributed by atoms with van der Waals surface area (Å²) >= 11 is 6.10. The zero-order chi connectivity index (χ0) is 11.7. The topological polar surface area (TPSA) is 22.1 Å². The van der Waals surface area contributed by atoms with Crippen molar-refractivity contribution in [2.45, 2.75) is 13.5 Å². The Kier molecular flexibility index (Phi) is 3.08. The Hall–Kier alpha value is -1.19. The number of hydrogen-bond acceptors (Lipinski definition) is 2. The molecule has 0 saturated carbocycles. The van der Waals surface area contributed by atoms with Gasteiger partial charge in [0.25, 0.3) is 0 Å². The van der Waals surface area contributed by atoms with Crippen molar-refractivity contribution in [3.63, 3.8) is 0 Å². The van der Waals surface area contributed by atoms with Crippen molar-refractivity contribution in [1.29, 1.82) is 0 Å². The normalized spacial score (nSPS) is 11.0. The molecule has 0 aliphatic carbocycles. The van der Waals surface area contributed by atoms with Crippen molar-refractivity contribution in [3.8, 4) is 0 Å². The van der Waals surface area contributed by atoms with Gasteiger partial charge < -0.3 is 4.74 Å². The summed E-state index contributed by atoms with van der Waals surface area (Å²) in [4.78, 5) is 4.28. The third-order valence-corrected chi connectivity index (χ3v) is 2.70. The van der Waals surface area contributed by atoms with E-state index in [1.54, 1.807) is 26.2 Å². The first-order chi connectivity index (χ1) is 7.61. The van der Waals surface area contributed by atoms with Crippen LogP contribution in [0, 0.1) is 12.7 Å². The molecule has 2 rings (SSSR count). The SMILES string of the molecule is COCc1cc(Cl)c2cc(C)c(F)cc2n1. The van der Waals surface area contributed by atoms with Crippen LogP contribution in [0.3, 0.4) is 0 Å². The van der Waals surface area contributed by atoms with Gasteiger partial charge in [0.2, 0.25) is 0 Å². The van der Waals surface area contributed by atoms with E-state index in [2.05, 4.69) is 4.98 Å². The second-order valence-corrected chi connectivity index (χ2v) is 4.05. The molecule has 0 unspecified atom stereocenters. The minimum absolute atomic E-state index is 0.273. The lowest BCUT2D eigenvalue weighted by Crippen LogP contribution is -1.94. The Bertz CT molecular complexity index is 542. The smallest absolute Gasteiger partial charge is 0.128 e. The summed E-state index contributed by atoms with van der Waals surface area (Å²) in [5.41, 5.74) is 1.82. The summed E-state index contributed by atoms with van der Waals surface area (Å²) in [6.07, 6.45) is 0. The van der Waals surface area contributed by atoms with Gasteiger partial charge in [0.1, 0.15) is 5.82 Å². The summed E-state index contributed by atoms with van der Waals surface area (Å²) in [5.74, 6) is -0.273. The van der Waals surface area contributed by atoms with Crippen molar-refractivity contribution >= 4 is 22.5 Å². The minimum Gasteiger partial charge on any atom is -0.378 e. The van der Waals surface area contributed by atoms with E-state index in [0.717, 1.165) is 5.39 Å². The van der Waals surface area contributed by atoms with Crippen LogP contribution >= 0.6 is 11.6 Å². The Labute approximate surface area is 98.0 Å². The van der Waals surface area contributed by atoms with E-state index < -0.39 is 0 Å². The molecule has 1 aromatic carbocycles. The molecule has 0 saturated heterocycles. The largest absolute Gasteiger partial charge is 0.378 e. The lowest BCUT2D eigenvalue weighted by atomic mass is 10.1. The maximum absolute atomic E-state index is 13.4. The van der Waals surface area contributed by atoms with E-state index in [1.807, 2.05) is 0 Å². The van der Waals surface area contributed by atoms with Crippen LogP contribution in [0.1, 0.15) is 11.3 Å². The van der Waals surface area contributed by atoms with E-state index >= 15 is 0 Å². The van der Waals surface area contributed by atoms with Crippen molar-refractivity contribution in [3.05, 3.63) is 40.3 Å². The number of halogens is 2. The predicted molar refractivity (Wildman–Crippen MR) is 62.2 cm³/mol. The van der Waals surface area contributed by atoms with Gasteiger partial charge in [-0.3, -0.25) is 4.98 Å². The van der Waals surface area contributed by atoms with Gasteiger partial charge in [0.15, 0.2) is 0 Å². The number of aromatic nitrogens is 1. The predicted octanol–water partition coefficient (Wildman–Crippen LogP) is 3.48. The summed E-state index contributed by atoms with van der Waals surface area (Å²) in [7, 11) is 1.58. The van der Waals surface area contributed by atoms with Gasteiger partial charge in [-0.05, 0) is 24.6 Å². The zero-order valence-corrected chi connectivity index (χ0v) is 9.81. The number of rotatable bonds is 2. The van der Waals surface area contributed by atoms with Crippen LogP contribution in [0.4, 0.5) is 4.39 Å². The molecule has 0 fully saturated rings. The first-order valence-electron chi connectivity index (χ1n) is 4.86. The van der Waals surface area contributed by atoms with Crippen molar-refractivity contribution in [1.82, 2.24) is 4.98 Å². The van der Waals surface area contributed by atoms with Crippen molar-refractivity contribution in [2.75, 3.05) is 7.11 Å². The third-order valence-electron chi connectivity index (χ3n) is 2.38. The molecule has 0 N–H and O–H groups in total. The molecule has 0 radical (unpaired) electrons. The molecule has 1 aromatic heterocycles. The number of hydrogen-bond donors (Lipinski definition) is 0. The summed E-state index contributed by atoms with van der Waals surface area (Å²) in [6.45, 7) is 2.07. The number of nitrogens with zero attached hydrogens (tertiary/aromatic N) is 1. The second kappa shape index (κ2) is 4.36. The van der Waals surface area contributed by atoms with Gasteiger partial charge in [0.05, 0.1) is 22.8 Å². The van der Waals surface area contributed by atoms with E-state index in [1.165, 1.54) is 6.07 Å². The number of pyridine rings is 1. The van der Waals surface area contributed by atoms with Gasteiger partial charge in [-0.15, -0.1) is 0 Å². The molecule has 2 nitrogen and oxygen atoms in total. The lowest BCUT2D eigenvalue weighted by Gasteiger charge is -2.06. The lowest BCUT2D eigenvalue weighted by molar-refractivity contribution is 0.182. The van der Waals surface area contributed by atoms with Crippen LogP contribution in [0.2, 0.25) is 5.02 Å². The van der Waals surface area contributed by atoms with Crippen LogP contribution in [-0.4, -0.2) is 12.1 Å². The van der Waals surface area contributed by atoms with Crippen LogP contribution in [0.5, 0.6) is 0 Å². The average Bonchev–Trinajstić information content (AvgIpc) is 2.22. The standard InChI is InChI=1S/C12H11ClFNO/c1-7-3-9-10(13)4-8(6-16-2)15-12(9)5-11(7)14/h3-5H,6H2,1-2H3. The zero-order valence-electron chi connectivity index (χ0n) is 9.05. The molecule has 2 aromatic rings. The Morgan fingerprint density at radius 2 is 2.12 bits per heavy atom. The maximum Gasteiger partial charge on any atom is 0.128 e. The van der Waals surface area contributed by atoms with E-state index in [4.69, 9.17) is 16.3 Å². The van der Waals surface area contributed by atoms with Crippen LogP contribution in [0.25, 0.3) is 10.9 Å². The summed E-state index contributed by atoms with van der Waals surface area (Å²) < 4.78 is 18.4. The molecular formula is C12H11ClFNO. The molecule has 0 aliphatic rings. The van der Waals surface area contributed by atoms with Gasteiger partial charge >= 0.3 is 0 Å². The first kappa shape index (κ1) is 11.3. The fraction of sp³-hybridized carbons (Fsp3) is 0.250.